The number of anilines is 1. The van der Waals surface area contributed by atoms with Crippen LogP contribution in [0.2, 0.25) is 5.02 Å². The molecule has 0 unspecified atom stereocenters. The van der Waals surface area contributed by atoms with Crippen LogP contribution >= 0.6 is 11.6 Å². The van der Waals surface area contributed by atoms with E-state index in [2.05, 4.69) is 15.1 Å². The number of hydrogen-bond acceptors (Lipinski definition) is 8. The summed E-state index contributed by atoms with van der Waals surface area (Å²) in [6.07, 6.45) is -0.294. The minimum absolute atomic E-state index is 0.0349. The molecule has 1 amide bonds. The van der Waals surface area contributed by atoms with E-state index in [-0.39, 0.29) is 24.7 Å². The molecule has 3 heterocycles. The van der Waals surface area contributed by atoms with Crippen LogP contribution in [0.5, 0.6) is 5.75 Å². The number of carbonyl (C=O) groups is 2. The van der Waals surface area contributed by atoms with Crippen molar-refractivity contribution in [3.63, 3.8) is 0 Å². The van der Waals surface area contributed by atoms with E-state index in [0.717, 1.165) is 6.20 Å². The molecule has 1 saturated heterocycles. The van der Waals surface area contributed by atoms with Gasteiger partial charge in [0.25, 0.3) is 5.56 Å². The van der Waals surface area contributed by atoms with Crippen molar-refractivity contribution in [3.05, 3.63) is 39.5 Å². The number of amides is 1. The van der Waals surface area contributed by atoms with Crippen LogP contribution in [0, 0.1) is 11.8 Å². The Morgan fingerprint density at radius 2 is 1.74 bits per heavy atom. The monoisotopic (exact) mass is 514 g/mol. The lowest BCUT2D eigenvalue weighted by atomic mass is 9.99. The number of piperazine rings is 1. The van der Waals surface area contributed by atoms with Gasteiger partial charge in [-0.15, -0.1) is 0 Å². The van der Waals surface area contributed by atoms with Gasteiger partial charge in [-0.2, -0.15) is 18.3 Å². The second-order valence-corrected chi connectivity index (χ2v) is 8.83. The predicted molar refractivity (Wildman–Crippen MR) is 117 cm³/mol. The van der Waals surface area contributed by atoms with Crippen LogP contribution in [-0.4, -0.2) is 69.5 Å². The fraction of sp³-hybridized carbons (Fsp3) is 0.524. The first-order valence-corrected chi connectivity index (χ1v) is 11.3. The van der Waals surface area contributed by atoms with Crippen molar-refractivity contribution < 1.29 is 27.5 Å². The van der Waals surface area contributed by atoms with E-state index >= 15 is 0 Å². The third-order valence-electron chi connectivity index (χ3n) is 6.16. The summed E-state index contributed by atoms with van der Waals surface area (Å²) < 4.78 is 44.6. The van der Waals surface area contributed by atoms with Crippen molar-refractivity contribution in [1.82, 2.24) is 25.1 Å². The Bertz CT molecular complexity index is 1140. The van der Waals surface area contributed by atoms with Gasteiger partial charge in [-0.05, 0) is 12.8 Å². The number of Topliss-reactive ketones (excluding diaryl/α,β-unsaturated/α-hetero) is 1. The molecule has 35 heavy (non-hydrogen) atoms. The molecule has 2 aromatic rings. The standard InChI is InChI=1S/C21H22ClF3N6O4/c22-14-8-26-20(27-9-14)31-5-3-30(4-6-31)16(32)7-12-1-2-13(18(12)33)11-35-15-10-28-29-19(34)17(15)21(23,24)25/h8-10,12-13H,1-7,11H2,(H,29,34)/t12-,13-/m1/s1. The third-order valence-corrected chi connectivity index (χ3v) is 6.35. The lowest BCUT2D eigenvalue weighted by molar-refractivity contribution is -0.140. The Balaban J connectivity index is 1.28. The van der Waals surface area contributed by atoms with E-state index in [1.165, 1.54) is 12.4 Å². The minimum atomic E-state index is -4.93. The van der Waals surface area contributed by atoms with Crippen LogP contribution in [0.3, 0.4) is 0 Å². The Morgan fingerprint density at radius 1 is 1.09 bits per heavy atom. The molecule has 2 aliphatic rings. The number of carbonyl (C=O) groups excluding carboxylic acids is 2. The number of aromatic nitrogens is 4. The van der Waals surface area contributed by atoms with Gasteiger partial charge in [-0.3, -0.25) is 14.4 Å². The molecule has 1 saturated carbocycles. The van der Waals surface area contributed by atoms with Gasteiger partial charge in [0.15, 0.2) is 11.3 Å². The van der Waals surface area contributed by atoms with E-state index in [4.69, 9.17) is 16.3 Å². The summed E-state index contributed by atoms with van der Waals surface area (Å²) in [6.45, 7) is 1.65. The highest BCUT2D eigenvalue weighted by atomic mass is 35.5. The lowest BCUT2D eigenvalue weighted by Crippen LogP contribution is -2.49. The molecule has 1 N–H and O–H groups in total. The SMILES string of the molecule is O=C1[C@@H](COc2cn[nH]c(=O)c2C(F)(F)F)CC[C@@H]1CC(=O)N1CCN(c2ncc(Cl)cn2)CC1. The Labute approximate surface area is 202 Å². The van der Waals surface area contributed by atoms with Crippen molar-refractivity contribution in [2.24, 2.45) is 11.8 Å². The van der Waals surface area contributed by atoms with Crippen LogP contribution in [0.15, 0.2) is 23.4 Å². The molecular weight excluding hydrogens is 493 g/mol. The maximum absolute atomic E-state index is 13.2. The summed E-state index contributed by atoms with van der Waals surface area (Å²) >= 11 is 5.81. The minimum Gasteiger partial charge on any atom is -0.490 e. The van der Waals surface area contributed by atoms with Gasteiger partial charge in [0, 0.05) is 38.5 Å². The van der Waals surface area contributed by atoms with Gasteiger partial charge in [0.05, 0.1) is 36.1 Å². The number of H-pyrrole nitrogens is 1. The largest absolute Gasteiger partial charge is 0.490 e. The number of nitrogens with one attached hydrogen (secondary N) is 1. The Hall–Kier alpha value is -3.22. The van der Waals surface area contributed by atoms with Gasteiger partial charge in [-0.1, -0.05) is 11.6 Å². The zero-order chi connectivity index (χ0) is 25.2. The third kappa shape index (κ3) is 5.72. The number of ketones is 1. The van der Waals surface area contributed by atoms with E-state index in [9.17, 15) is 27.6 Å². The molecule has 14 heteroatoms. The van der Waals surface area contributed by atoms with Crippen LogP contribution in [0.1, 0.15) is 24.8 Å². The van der Waals surface area contributed by atoms with E-state index in [1.54, 1.807) is 10.00 Å². The van der Waals surface area contributed by atoms with Crippen molar-refractivity contribution in [1.29, 1.82) is 0 Å². The lowest BCUT2D eigenvalue weighted by Gasteiger charge is -2.35. The molecule has 2 atom stereocenters. The topological polar surface area (TPSA) is 121 Å². The fourth-order valence-corrected chi connectivity index (χ4v) is 4.40. The second kappa shape index (κ2) is 10.2. The first-order chi connectivity index (χ1) is 16.6. The molecule has 1 aliphatic carbocycles. The summed E-state index contributed by atoms with van der Waals surface area (Å²) in [5.74, 6) is -1.76. The quantitative estimate of drug-likeness (QED) is 0.621. The van der Waals surface area contributed by atoms with Crippen LogP contribution in [-0.2, 0) is 15.8 Å². The molecule has 0 bridgehead atoms. The Morgan fingerprint density at radius 3 is 2.40 bits per heavy atom. The molecule has 188 valence electrons. The van der Waals surface area contributed by atoms with E-state index in [0.29, 0.717) is 50.0 Å². The first kappa shape index (κ1) is 24.9. The second-order valence-electron chi connectivity index (χ2n) is 8.39. The summed E-state index contributed by atoms with van der Waals surface area (Å²) in [4.78, 5) is 49.0. The molecule has 10 nitrogen and oxygen atoms in total. The summed E-state index contributed by atoms with van der Waals surface area (Å²) in [7, 11) is 0. The van der Waals surface area contributed by atoms with Gasteiger partial charge >= 0.3 is 6.18 Å². The maximum atomic E-state index is 13.2. The highest BCUT2D eigenvalue weighted by Gasteiger charge is 2.40. The smallest absolute Gasteiger partial charge is 0.425 e. The number of nitrogens with zero attached hydrogens (tertiary/aromatic N) is 5. The summed E-state index contributed by atoms with van der Waals surface area (Å²) in [6, 6.07) is 0. The molecule has 0 aromatic carbocycles. The number of ether oxygens (including phenoxy) is 1. The average Bonchev–Trinajstić information content (AvgIpc) is 3.16. The van der Waals surface area contributed by atoms with Crippen molar-refractivity contribution in [2.45, 2.75) is 25.4 Å². The number of hydrogen-bond donors (Lipinski definition) is 1. The normalized spacial score (nSPS) is 20.9. The zero-order valence-corrected chi connectivity index (χ0v) is 19.2. The van der Waals surface area contributed by atoms with Gasteiger partial charge in [-0.25, -0.2) is 15.1 Å². The van der Waals surface area contributed by atoms with E-state index < -0.39 is 34.9 Å². The molecular formula is C21H22ClF3N6O4. The highest BCUT2D eigenvalue weighted by molar-refractivity contribution is 6.30. The van der Waals surface area contributed by atoms with Crippen LogP contribution < -0.4 is 15.2 Å². The molecule has 0 spiro atoms. The number of halogens is 4. The first-order valence-electron chi connectivity index (χ1n) is 10.9. The maximum Gasteiger partial charge on any atom is 0.425 e. The van der Waals surface area contributed by atoms with Gasteiger partial charge < -0.3 is 14.5 Å². The summed E-state index contributed by atoms with van der Waals surface area (Å²) in [5, 5.41) is 5.50. The Kier molecular flexibility index (Phi) is 7.24. The predicted octanol–water partition coefficient (Wildman–Crippen LogP) is 1.95. The average molecular weight is 515 g/mol. The van der Waals surface area contributed by atoms with Crippen LogP contribution in [0.25, 0.3) is 0 Å². The fourth-order valence-electron chi connectivity index (χ4n) is 4.30. The highest BCUT2D eigenvalue weighted by Crippen LogP contribution is 2.35. The van der Waals surface area contributed by atoms with Crippen LogP contribution in [0.4, 0.5) is 19.1 Å². The van der Waals surface area contributed by atoms with Crippen molar-refractivity contribution in [3.8, 4) is 5.75 Å². The van der Waals surface area contributed by atoms with Crippen molar-refractivity contribution >= 4 is 29.2 Å². The number of alkyl halides is 3. The molecule has 2 aromatic heterocycles. The zero-order valence-electron chi connectivity index (χ0n) is 18.4. The molecule has 0 radical (unpaired) electrons. The van der Waals surface area contributed by atoms with E-state index in [1.807, 2.05) is 4.90 Å². The van der Waals surface area contributed by atoms with Crippen molar-refractivity contribution in [2.75, 3.05) is 37.7 Å². The number of aromatic amines is 1. The summed E-state index contributed by atoms with van der Waals surface area (Å²) in [5.41, 5.74) is -2.91. The molecule has 4 rings (SSSR count). The molecule has 2 fully saturated rings. The number of rotatable bonds is 6. The molecule has 1 aliphatic heterocycles. The van der Waals surface area contributed by atoms with Gasteiger partial charge in [0.2, 0.25) is 11.9 Å². The van der Waals surface area contributed by atoms with Gasteiger partial charge in [0.1, 0.15) is 5.78 Å².